The van der Waals surface area contributed by atoms with Crippen LogP contribution in [0.2, 0.25) is 0 Å². The summed E-state index contributed by atoms with van der Waals surface area (Å²) in [6, 6.07) is 3.11. The summed E-state index contributed by atoms with van der Waals surface area (Å²) in [5, 5.41) is 0. The molecule has 2 N–H and O–H groups in total. The van der Waals surface area contributed by atoms with Crippen molar-refractivity contribution in [3.8, 4) is 12.3 Å². The quantitative estimate of drug-likeness (QED) is 0.589. The molecule has 2 nitrogen and oxygen atoms in total. The molecule has 0 amide bonds. The Morgan fingerprint density at radius 1 is 1.54 bits per heavy atom. The summed E-state index contributed by atoms with van der Waals surface area (Å²) in [6.07, 6.45) is 5.24. The second kappa shape index (κ2) is 2.75. The normalized spacial score (nSPS) is 19.0. The van der Waals surface area contributed by atoms with Gasteiger partial charge < -0.3 is 5.43 Å². The fraction of sp³-hybridized carbons (Fsp3) is 0.200. The van der Waals surface area contributed by atoms with Crippen LogP contribution >= 0.6 is 0 Å². The number of terminal acetylenes is 1. The molecule has 13 heavy (non-hydrogen) atoms. The molecule has 0 bridgehead atoms. The predicted molar refractivity (Wildman–Crippen MR) is 49.5 cm³/mol. The minimum atomic E-state index is -0.335. The molecule has 0 saturated carbocycles. The van der Waals surface area contributed by atoms with E-state index in [1.54, 1.807) is 6.07 Å². The Labute approximate surface area is 76.1 Å². The van der Waals surface area contributed by atoms with Crippen molar-refractivity contribution in [3.63, 3.8) is 0 Å². The van der Waals surface area contributed by atoms with Crippen LogP contribution in [0.1, 0.15) is 24.1 Å². The maximum absolute atomic E-state index is 13.2. The molecule has 1 heterocycles. The number of rotatable bonds is 0. The summed E-state index contributed by atoms with van der Waals surface area (Å²) in [4.78, 5) is 0. The molecule has 1 aromatic rings. The molecule has 0 radical (unpaired) electrons. The Morgan fingerprint density at radius 3 is 3.00 bits per heavy atom. The van der Waals surface area contributed by atoms with Gasteiger partial charge in [-0.2, -0.15) is 0 Å². The molecule has 0 aliphatic carbocycles. The van der Waals surface area contributed by atoms with E-state index < -0.39 is 0 Å². The maximum atomic E-state index is 13.2. The second-order valence-electron chi connectivity index (χ2n) is 3.02. The van der Waals surface area contributed by atoms with Crippen molar-refractivity contribution in [1.29, 1.82) is 0 Å². The van der Waals surface area contributed by atoms with E-state index in [4.69, 9.17) is 6.42 Å². The largest absolute Gasteiger partial charge is 0.321 e. The number of nitrogens with one attached hydrogen (secondary N) is 2. The Morgan fingerprint density at radius 2 is 2.31 bits per heavy atom. The zero-order valence-corrected chi connectivity index (χ0v) is 7.19. The predicted octanol–water partition coefficient (Wildman–Crippen LogP) is 1.80. The zero-order chi connectivity index (χ0) is 9.42. The van der Waals surface area contributed by atoms with Crippen molar-refractivity contribution < 1.29 is 4.39 Å². The summed E-state index contributed by atoms with van der Waals surface area (Å²) in [6.45, 7) is 1.93. The highest BCUT2D eigenvalue weighted by molar-refractivity contribution is 5.62. The smallest absolute Gasteiger partial charge is 0.139 e. The summed E-state index contributed by atoms with van der Waals surface area (Å²) in [7, 11) is 0. The number of hydrogen-bond donors (Lipinski definition) is 2. The van der Waals surface area contributed by atoms with E-state index in [1.807, 2.05) is 6.92 Å². The van der Waals surface area contributed by atoms with Gasteiger partial charge in [-0.15, -0.1) is 6.42 Å². The number of halogens is 1. The van der Waals surface area contributed by atoms with Gasteiger partial charge in [-0.3, -0.25) is 0 Å². The summed E-state index contributed by atoms with van der Waals surface area (Å²) in [5.74, 6) is 2.04. The number of fused-ring (bicyclic) bond motifs is 1. The standard InChI is InChI=1S/C10H9FN2/c1-3-7-8(11)4-5-9-10(7)6(2)12-13-9/h1,4-6,12-13H,2H3. The second-order valence-corrected chi connectivity index (χ2v) is 3.02. The van der Waals surface area contributed by atoms with Gasteiger partial charge in [-0.05, 0) is 19.1 Å². The summed E-state index contributed by atoms with van der Waals surface area (Å²) >= 11 is 0. The van der Waals surface area contributed by atoms with Crippen LogP contribution in [0.25, 0.3) is 0 Å². The van der Waals surface area contributed by atoms with Crippen LogP contribution in [0.15, 0.2) is 12.1 Å². The average molecular weight is 176 g/mol. The van der Waals surface area contributed by atoms with Crippen molar-refractivity contribution in [2.24, 2.45) is 0 Å². The van der Waals surface area contributed by atoms with Gasteiger partial charge >= 0.3 is 0 Å². The minimum Gasteiger partial charge on any atom is -0.321 e. The molecule has 1 atom stereocenters. The SMILES string of the molecule is C#Cc1c(F)ccc2c1C(C)NN2. The molecule has 1 unspecified atom stereocenters. The summed E-state index contributed by atoms with van der Waals surface area (Å²) in [5.41, 5.74) is 7.96. The van der Waals surface area contributed by atoms with E-state index >= 15 is 0 Å². The fourth-order valence-electron chi connectivity index (χ4n) is 1.56. The topological polar surface area (TPSA) is 24.1 Å². The van der Waals surface area contributed by atoms with Crippen LogP contribution in [-0.2, 0) is 0 Å². The van der Waals surface area contributed by atoms with Crippen molar-refractivity contribution >= 4 is 5.69 Å². The van der Waals surface area contributed by atoms with Crippen molar-refractivity contribution in [3.05, 3.63) is 29.1 Å². The van der Waals surface area contributed by atoms with Crippen LogP contribution in [0, 0.1) is 18.2 Å². The van der Waals surface area contributed by atoms with E-state index in [-0.39, 0.29) is 11.9 Å². The van der Waals surface area contributed by atoms with E-state index in [0.29, 0.717) is 5.56 Å². The molecule has 0 saturated heterocycles. The van der Waals surface area contributed by atoms with Crippen LogP contribution in [0.5, 0.6) is 0 Å². The van der Waals surface area contributed by atoms with Crippen LogP contribution in [-0.4, -0.2) is 0 Å². The van der Waals surface area contributed by atoms with E-state index in [1.165, 1.54) is 6.07 Å². The molecule has 2 rings (SSSR count). The molecular weight excluding hydrogens is 167 g/mol. The van der Waals surface area contributed by atoms with E-state index in [2.05, 4.69) is 16.8 Å². The van der Waals surface area contributed by atoms with Gasteiger partial charge in [0.25, 0.3) is 0 Å². The number of anilines is 1. The number of hydrazine groups is 1. The van der Waals surface area contributed by atoms with Crippen LogP contribution in [0.3, 0.4) is 0 Å². The van der Waals surface area contributed by atoms with Gasteiger partial charge in [0.2, 0.25) is 0 Å². The highest BCUT2D eigenvalue weighted by atomic mass is 19.1. The third-order valence-electron chi connectivity index (χ3n) is 2.20. The lowest BCUT2D eigenvalue weighted by Gasteiger charge is -2.05. The van der Waals surface area contributed by atoms with Crippen molar-refractivity contribution in [2.75, 3.05) is 5.43 Å². The van der Waals surface area contributed by atoms with Gasteiger partial charge in [0.1, 0.15) is 5.82 Å². The fourth-order valence-corrected chi connectivity index (χ4v) is 1.56. The molecule has 0 spiro atoms. The van der Waals surface area contributed by atoms with Crippen LogP contribution in [0.4, 0.5) is 10.1 Å². The van der Waals surface area contributed by atoms with Crippen molar-refractivity contribution in [1.82, 2.24) is 5.43 Å². The molecule has 0 aromatic heterocycles. The van der Waals surface area contributed by atoms with Gasteiger partial charge in [0.05, 0.1) is 17.3 Å². The third kappa shape index (κ3) is 1.07. The third-order valence-corrected chi connectivity index (χ3v) is 2.20. The molecule has 1 aromatic carbocycles. The van der Waals surface area contributed by atoms with Crippen LogP contribution < -0.4 is 10.9 Å². The van der Waals surface area contributed by atoms with Gasteiger partial charge in [-0.25, -0.2) is 9.82 Å². The minimum absolute atomic E-state index is 0.0525. The summed E-state index contributed by atoms with van der Waals surface area (Å²) < 4.78 is 13.2. The van der Waals surface area contributed by atoms with Gasteiger partial charge in [0.15, 0.2) is 0 Å². The first-order valence-electron chi connectivity index (χ1n) is 4.04. The Kier molecular flexibility index (Phi) is 1.71. The van der Waals surface area contributed by atoms with Gasteiger partial charge in [0, 0.05) is 5.56 Å². The van der Waals surface area contributed by atoms with Crippen molar-refractivity contribution in [2.45, 2.75) is 13.0 Å². The average Bonchev–Trinajstić information content (AvgIpc) is 2.49. The molecule has 1 aliphatic heterocycles. The molecular formula is C10H9FN2. The number of hydrogen-bond acceptors (Lipinski definition) is 2. The Hall–Kier alpha value is -1.53. The first kappa shape index (κ1) is 8.09. The maximum Gasteiger partial charge on any atom is 0.139 e. The molecule has 0 fully saturated rings. The van der Waals surface area contributed by atoms with E-state index in [0.717, 1.165) is 11.3 Å². The lowest BCUT2D eigenvalue weighted by molar-refractivity contribution is 0.616. The zero-order valence-electron chi connectivity index (χ0n) is 7.19. The monoisotopic (exact) mass is 176 g/mol. The Bertz CT molecular complexity index is 393. The number of benzene rings is 1. The Balaban J connectivity index is 2.69. The first-order chi connectivity index (χ1) is 6.24. The molecule has 66 valence electrons. The van der Waals surface area contributed by atoms with E-state index in [9.17, 15) is 4.39 Å². The lowest BCUT2D eigenvalue weighted by atomic mass is 10.0. The van der Waals surface area contributed by atoms with Gasteiger partial charge in [-0.1, -0.05) is 5.92 Å². The highest BCUT2D eigenvalue weighted by Gasteiger charge is 2.22. The highest BCUT2D eigenvalue weighted by Crippen LogP contribution is 2.31. The molecule has 3 heteroatoms. The lowest BCUT2D eigenvalue weighted by Crippen LogP contribution is -2.15. The molecule has 1 aliphatic rings. The first-order valence-corrected chi connectivity index (χ1v) is 4.04.